The van der Waals surface area contributed by atoms with E-state index in [1.807, 2.05) is 42.5 Å². The van der Waals surface area contributed by atoms with Gasteiger partial charge in [-0.25, -0.2) is 18.5 Å². The first-order valence-electron chi connectivity index (χ1n) is 14.5. The van der Waals surface area contributed by atoms with E-state index in [1.165, 1.54) is 17.2 Å². The van der Waals surface area contributed by atoms with Gasteiger partial charge in [0.15, 0.2) is 0 Å². The number of nitrogens with one attached hydrogen (secondary N) is 1. The number of nitrogens with zero attached hydrogens (tertiary/aromatic N) is 1. The number of anilines is 2. The molecule has 0 atom stereocenters. The van der Waals surface area contributed by atoms with E-state index in [9.17, 15) is 8.42 Å². The lowest BCUT2D eigenvalue weighted by Gasteiger charge is -2.19. The normalized spacial score (nSPS) is 12.3. The largest absolute Gasteiger partial charge is 0.456 e. The molecule has 0 saturated carbocycles. The zero-order valence-electron chi connectivity index (χ0n) is 25.7. The summed E-state index contributed by atoms with van der Waals surface area (Å²) in [7, 11) is -4.00. The standard InChI is InChI=1S/C37H35N3O3S/c1-21-15-23(3)36(24(4)16-21)39-27-11-13-29-32(19-27)43-33-20-28(40-37-25(5)17-22(2)18-26(37)6)12-14-30(33)35(29)31-9-7-8-10-34(31)44(38,41)42/h7-20,39H,1-6H3,(H2,38,41,42). The predicted octanol–water partition coefficient (Wildman–Crippen LogP) is 8.68. The van der Waals surface area contributed by atoms with Crippen LogP contribution in [0.3, 0.4) is 0 Å². The van der Waals surface area contributed by atoms with Gasteiger partial charge in [-0.15, -0.1) is 0 Å². The molecule has 0 fully saturated rings. The first-order chi connectivity index (χ1) is 20.9. The van der Waals surface area contributed by atoms with Crippen LogP contribution in [0.4, 0.5) is 17.1 Å². The highest BCUT2D eigenvalue weighted by molar-refractivity contribution is 7.89. The average Bonchev–Trinajstić information content (AvgIpc) is 2.95. The lowest BCUT2D eigenvalue weighted by atomic mass is 9.93. The predicted molar refractivity (Wildman–Crippen MR) is 179 cm³/mol. The van der Waals surface area contributed by atoms with E-state index in [1.54, 1.807) is 12.1 Å². The van der Waals surface area contributed by atoms with Crippen LogP contribution in [0, 0.1) is 41.5 Å². The second kappa shape index (κ2) is 11.1. The molecule has 4 aromatic rings. The molecule has 7 heteroatoms. The number of rotatable bonds is 5. The zero-order chi connectivity index (χ0) is 31.3. The molecule has 0 aromatic heterocycles. The molecule has 222 valence electrons. The Kier molecular flexibility index (Phi) is 7.40. The van der Waals surface area contributed by atoms with Crippen LogP contribution < -0.4 is 15.8 Å². The van der Waals surface area contributed by atoms with E-state index in [0.29, 0.717) is 16.9 Å². The highest BCUT2D eigenvalue weighted by Gasteiger charge is 2.23. The van der Waals surface area contributed by atoms with E-state index < -0.39 is 10.0 Å². The molecular formula is C37H35N3O3S. The third-order valence-electron chi connectivity index (χ3n) is 7.99. The molecule has 0 spiro atoms. The molecule has 0 saturated heterocycles. The third-order valence-corrected chi connectivity index (χ3v) is 8.96. The summed E-state index contributed by atoms with van der Waals surface area (Å²) in [4.78, 5) is 5.04. The minimum absolute atomic E-state index is 0.0570. The number of nitrogens with two attached hydrogens (primary N) is 1. The number of primary sulfonamides is 1. The molecule has 0 bridgehead atoms. The van der Waals surface area contributed by atoms with Gasteiger partial charge in [-0.3, -0.25) is 0 Å². The Bertz CT molecular complexity index is 2200. The molecule has 6 rings (SSSR count). The second-order valence-electron chi connectivity index (χ2n) is 11.7. The minimum Gasteiger partial charge on any atom is -0.456 e. The van der Waals surface area contributed by atoms with Crippen LogP contribution in [-0.4, -0.2) is 8.42 Å². The zero-order valence-corrected chi connectivity index (χ0v) is 26.6. The summed E-state index contributed by atoms with van der Waals surface area (Å²) in [5, 5.41) is 10.8. The topological polar surface area (TPSA) is 97.7 Å². The van der Waals surface area contributed by atoms with Crippen molar-refractivity contribution in [3.63, 3.8) is 0 Å². The van der Waals surface area contributed by atoms with Crippen molar-refractivity contribution in [3.05, 3.63) is 124 Å². The Morgan fingerprint density at radius 2 is 1.34 bits per heavy atom. The number of aryl methyl sites for hydroxylation is 6. The van der Waals surface area contributed by atoms with Crippen molar-refractivity contribution < 1.29 is 12.8 Å². The van der Waals surface area contributed by atoms with Crippen molar-refractivity contribution >= 4 is 38.1 Å². The molecule has 1 aliphatic carbocycles. The fourth-order valence-electron chi connectivity index (χ4n) is 6.24. The van der Waals surface area contributed by atoms with Gasteiger partial charge in [0.05, 0.1) is 15.9 Å². The number of fused-ring (bicyclic) bond motifs is 2. The molecule has 1 aliphatic heterocycles. The summed E-state index contributed by atoms with van der Waals surface area (Å²) in [6.07, 6.45) is 0. The van der Waals surface area contributed by atoms with Gasteiger partial charge < -0.3 is 9.73 Å². The van der Waals surface area contributed by atoms with Gasteiger partial charge in [-0.05, 0) is 94.1 Å². The maximum absolute atomic E-state index is 12.7. The van der Waals surface area contributed by atoms with E-state index >= 15 is 0 Å². The number of benzene rings is 5. The molecule has 2 aliphatic rings. The SMILES string of the molecule is Cc1cc(C)c(N=c2ccc3c(-c4ccccc4S(N)(=O)=O)c4ccc(Nc5c(C)cc(C)cc5C)cc4oc-3c2)c(C)c1. The molecule has 0 amide bonds. The lowest BCUT2D eigenvalue weighted by Crippen LogP contribution is -2.13. The van der Waals surface area contributed by atoms with Gasteiger partial charge >= 0.3 is 0 Å². The monoisotopic (exact) mass is 601 g/mol. The Hall–Kier alpha value is -4.72. The van der Waals surface area contributed by atoms with E-state index in [2.05, 4.69) is 71.1 Å². The van der Waals surface area contributed by atoms with Crippen LogP contribution in [0.25, 0.3) is 33.4 Å². The summed E-state index contributed by atoms with van der Waals surface area (Å²) in [5.41, 5.74) is 12.3. The number of hydrogen-bond acceptors (Lipinski definition) is 5. The van der Waals surface area contributed by atoms with Gasteiger partial charge in [0.2, 0.25) is 10.0 Å². The molecular weight excluding hydrogens is 566 g/mol. The Labute approximate surface area is 258 Å². The Morgan fingerprint density at radius 1 is 0.705 bits per heavy atom. The summed E-state index contributed by atoms with van der Waals surface area (Å²) in [5.74, 6) is 0.584. The third kappa shape index (κ3) is 5.52. The van der Waals surface area contributed by atoms with Crippen LogP contribution in [-0.2, 0) is 10.0 Å². The number of sulfonamides is 1. The molecule has 3 N–H and O–H groups in total. The molecule has 1 heterocycles. The van der Waals surface area contributed by atoms with E-state index in [4.69, 9.17) is 14.5 Å². The van der Waals surface area contributed by atoms with Crippen LogP contribution >= 0.6 is 0 Å². The van der Waals surface area contributed by atoms with Crippen LogP contribution in [0.2, 0.25) is 0 Å². The summed E-state index contributed by atoms with van der Waals surface area (Å²) in [6.45, 7) is 12.5. The van der Waals surface area contributed by atoms with Gasteiger partial charge in [0, 0.05) is 45.6 Å². The van der Waals surface area contributed by atoms with Crippen molar-refractivity contribution in [1.29, 1.82) is 0 Å². The van der Waals surface area contributed by atoms with Crippen molar-refractivity contribution in [2.24, 2.45) is 10.1 Å². The first kappa shape index (κ1) is 29.4. The Balaban J connectivity index is 1.62. The van der Waals surface area contributed by atoms with E-state index in [-0.39, 0.29) is 4.90 Å². The van der Waals surface area contributed by atoms with Crippen LogP contribution in [0.5, 0.6) is 0 Å². The summed E-state index contributed by atoms with van der Waals surface area (Å²) < 4.78 is 32.0. The van der Waals surface area contributed by atoms with Gasteiger partial charge in [0.1, 0.15) is 11.3 Å². The maximum atomic E-state index is 12.7. The maximum Gasteiger partial charge on any atom is 0.238 e. The second-order valence-corrected chi connectivity index (χ2v) is 13.2. The van der Waals surface area contributed by atoms with Crippen LogP contribution in [0.15, 0.2) is 99.2 Å². The first-order valence-corrected chi connectivity index (χ1v) is 16.0. The van der Waals surface area contributed by atoms with Gasteiger partial charge in [0.25, 0.3) is 0 Å². The number of hydrogen-bond donors (Lipinski definition) is 2. The van der Waals surface area contributed by atoms with Gasteiger partial charge in [-0.1, -0.05) is 53.6 Å². The average molecular weight is 602 g/mol. The summed E-state index contributed by atoms with van der Waals surface area (Å²) in [6, 6.07) is 27.1. The highest BCUT2D eigenvalue weighted by Crippen LogP contribution is 2.43. The van der Waals surface area contributed by atoms with Crippen molar-refractivity contribution in [3.8, 4) is 22.5 Å². The Morgan fingerprint density at radius 3 is 2.00 bits per heavy atom. The molecule has 44 heavy (non-hydrogen) atoms. The smallest absolute Gasteiger partial charge is 0.238 e. The minimum atomic E-state index is -4.00. The summed E-state index contributed by atoms with van der Waals surface area (Å²) >= 11 is 0. The van der Waals surface area contributed by atoms with Gasteiger partial charge in [-0.2, -0.15) is 0 Å². The van der Waals surface area contributed by atoms with Crippen molar-refractivity contribution in [2.45, 2.75) is 46.4 Å². The molecule has 0 radical (unpaired) electrons. The van der Waals surface area contributed by atoms with Crippen LogP contribution in [0.1, 0.15) is 33.4 Å². The molecule has 4 aromatic carbocycles. The molecule has 6 nitrogen and oxygen atoms in total. The fourth-order valence-corrected chi connectivity index (χ4v) is 6.98. The quantitative estimate of drug-likeness (QED) is 0.193. The lowest BCUT2D eigenvalue weighted by molar-refractivity contribution is 0.598. The highest BCUT2D eigenvalue weighted by atomic mass is 32.2. The van der Waals surface area contributed by atoms with Crippen molar-refractivity contribution in [1.82, 2.24) is 0 Å². The van der Waals surface area contributed by atoms with E-state index in [0.717, 1.165) is 61.2 Å². The fraction of sp³-hybridized carbons (Fsp3) is 0.162. The molecule has 0 unspecified atom stereocenters. The van der Waals surface area contributed by atoms with Crippen molar-refractivity contribution in [2.75, 3.05) is 5.32 Å².